The van der Waals surface area contributed by atoms with Gasteiger partial charge in [0.25, 0.3) is 0 Å². The van der Waals surface area contributed by atoms with Crippen molar-refractivity contribution in [3.63, 3.8) is 0 Å². The fourth-order valence-electron chi connectivity index (χ4n) is 1.32. The summed E-state index contributed by atoms with van der Waals surface area (Å²) in [5.74, 6) is 0.749. The van der Waals surface area contributed by atoms with Crippen molar-refractivity contribution >= 4 is 0 Å². The van der Waals surface area contributed by atoms with Gasteiger partial charge >= 0.3 is 0 Å². The van der Waals surface area contributed by atoms with Crippen molar-refractivity contribution in [2.24, 2.45) is 0 Å². The number of aromatic hydroxyl groups is 1. The normalized spacial score (nSPS) is 10.1. The lowest BCUT2D eigenvalue weighted by Gasteiger charge is -2.05. The van der Waals surface area contributed by atoms with E-state index in [9.17, 15) is 5.11 Å². The third kappa shape index (κ3) is 2.95. The number of hydrogen-bond acceptors (Lipinski definition) is 2. The Balaban J connectivity index is 2.60. The first-order valence-corrected chi connectivity index (χ1v) is 4.95. The first kappa shape index (κ1) is 10.9. The van der Waals surface area contributed by atoms with E-state index in [1.165, 1.54) is 12.0 Å². The SMILES string of the molecule is CCC[CH]Cc1ccc(O)c(OC)c1. The van der Waals surface area contributed by atoms with Gasteiger partial charge in [0.2, 0.25) is 0 Å². The Morgan fingerprint density at radius 1 is 1.43 bits per heavy atom. The van der Waals surface area contributed by atoms with Crippen LogP contribution in [0.25, 0.3) is 0 Å². The van der Waals surface area contributed by atoms with Crippen molar-refractivity contribution in [2.45, 2.75) is 26.2 Å². The molecule has 0 saturated heterocycles. The topological polar surface area (TPSA) is 29.5 Å². The summed E-state index contributed by atoms with van der Waals surface area (Å²) in [6.07, 6.45) is 5.48. The molecule has 2 heteroatoms. The summed E-state index contributed by atoms with van der Waals surface area (Å²) < 4.78 is 5.03. The lowest BCUT2D eigenvalue weighted by atomic mass is 10.1. The molecule has 14 heavy (non-hydrogen) atoms. The second-order valence-electron chi connectivity index (χ2n) is 3.29. The molecule has 0 aliphatic heterocycles. The van der Waals surface area contributed by atoms with E-state index in [4.69, 9.17) is 4.74 Å². The first-order valence-electron chi connectivity index (χ1n) is 4.95. The molecule has 0 heterocycles. The van der Waals surface area contributed by atoms with E-state index in [0.717, 1.165) is 12.8 Å². The van der Waals surface area contributed by atoms with Gasteiger partial charge in [-0.15, -0.1) is 0 Å². The molecule has 0 aromatic heterocycles. The number of methoxy groups -OCH3 is 1. The summed E-state index contributed by atoms with van der Waals surface area (Å²) in [5.41, 5.74) is 1.17. The standard InChI is InChI=1S/C12H17O2/c1-3-4-5-6-10-7-8-11(13)12(9-10)14-2/h5,7-9,13H,3-4,6H2,1-2H3. The maximum Gasteiger partial charge on any atom is 0.160 e. The van der Waals surface area contributed by atoms with Crippen LogP contribution >= 0.6 is 0 Å². The molecule has 77 valence electrons. The van der Waals surface area contributed by atoms with Gasteiger partial charge in [-0.1, -0.05) is 25.8 Å². The molecular weight excluding hydrogens is 176 g/mol. The molecule has 0 atom stereocenters. The molecule has 1 aromatic carbocycles. The molecule has 1 rings (SSSR count). The van der Waals surface area contributed by atoms with E-state index in [2.05, 4.69) is 13.3 Å². The number of rotatable bonds is 5. The lowest BCUT2D eigenvalue weighted by molar-refractivity contribution is 0.373. The second kappa shape index (κ2) is 5.53. The van der Waals surface area contributed by atoms with Crippen LogP contribution in [0.15, 0.2) is 18.2 Å². The van der Waals surface area contributed by atoms with Crippen molar-refractivity contribution < 1.29 is 9.84 Å². The predicted octanol–water partition coefficient (Wildman–Crippen LogP) is 2.95. The highest BCUT2D eigenvalue weighted by Gasteiger charge is 2.01. The maximum atomic E-state index is 9.37. The van der Waals surface area contributed by atoms with Gasteiger partial charge in [0.15, 0.2) is 11.5 Å². The molecule has 0 bridgehead atoms. The fraction of sp³-hybridized carbons (Fsp3) is 0.417. The Morgan fingerprint density at radius 2 is 2.21 bits per heavy atom. The van der Waals surface area contributed by atoms with E-state index in [1.54, 1.807) is 13.2 Å². The number of phenolic OH excluding ortho intramolecular Hbond substituents is 1. The Morgan fingerprint density at radius 3 is 2.86 bits per heavy atom. The van der Waals surface area contributed by atoms with Crippen LogP contribution in [0.2, 0.25) is 0 Å². The van der Waals surface area contributed by atoms with Gasteiger partial charge in [0, 0.05) is 0 Å². The van der Waals surface area contributed by atoms with Gasteiger partial charge in [-0.3, -0.25) is 0 Å². The van der Waals surface area contributed by atoms with Crippen molar-refractivity contribution in [2.75, 3.05) is 7.11 Å². The van der Waals surface area contributed by atoms with Crippen LogP contribution in [-0.4, -0.2) is 12.2 Å². The van der Waals surface area contributed by atoms with Crippen molar-refractivity contribution in [3.05, 3.63) is 30.2 Å². The molecular formula is C12H17O2. The monoisotopic (exact) mass is 193 g/mol. The zero-order valence-electron chi connectivity index (χ0n) is 8.79. The van der Waals surface area contributed by atoms with Gasteiger partial charge in [-0.2, -0.15) is 0 Å². The largest absolute Gasteiger partial charge is 0.504 e. The van der Waals surface area contributed by atoms with Gasteiger partial charge in [-0.25, -0.2) is 0 Å². The predicted molar refractivity (Wildman–Crippen MR) is 57.6 cm³/mol. The minimum absolute atomic E-state index is 0.201. The van der Waals surface area contributed by atoms with Crippen LogP contribution in [0.4, 0.5) is 0 Å². The Bertz CT molecular complexity index is 282. The van der Waals surface area contributed by atoms with Gasteiger partial charge < -0.3 is 9.84 Å². The smallest absolute Gasteiger partial charge is 0.160 e. The third-order valence-corrected chi connectivity index (χ3v) is 2.12. The molecule has 0 aliphatic carbocycles. The van der Waals surface area contributed by atoms with Crippen LogP contribution in [0.5, 0.6) is 11.5 Å². The van der Waals surface area contributed by atoms with Crippen LogP contribution in [0, 0.1) is 6.42 Å². The average molecular weight is 193 g/mol. The summed E-state index contributed by atoms with van der Waals surface area (Å²) >= 11 is 0. The third-order valence-electron chi connectivity index (χ3n) is 2.12. The molecule has 0 aliphatic rings. The first-order chi connectivity index (χ1) is 6.77. The average Bonchev–Trinajstić information content (AvgIpc) is 2.21. The minimum atomic E-state index is 0.201. The highest BCUT2D eigenvalue weighted by atomic mass is 16.5. The Kier molecular flexibility index (Phi) is 4.30. The highest BCUT2D eigenvalue weighted by Crippen LogP contribution is 2.26. The minimum Gasteiger partial charge on any atom is -0.504 e. The number of ether oxygens (including phenoxy) is 1. The van der Waals surface area contributed by atoms with Gasteiger partial charge in [0.1, 0.15) is 0 Å². The molecule has 0 unspecified atom stereocenters. The zero-order valence-corrected chi connectivity index (χ0v) is 8.79. The van der Waals surface area contributed by atoms with Crippen LogP contribution in [0.1, 0.15) is 25.3 Å². The van der Waals surface area contributed by atoms with Crippen molar-refractivity contribution in [3.8, 4) is 11.5 Å². The van der Waals surface area contributed by atoms with E-state index < -0.39 is 0 Å². The molecule has 0 spiro atoms. The van der Waals surface area contributed by atoms with E-state index in [-0.39, 0.29) is 5.75 Å². The summed E-state index contributed by atoms with van der Waals surface area (Å²) in [4.78, 5) is 0. The van der Waals surface area contributed by atoms with Crippen molar-refractivity contribution in [1.82, 2.24) is 0 Å². The summed E-state index contributed by atoms with van der Waals surface area (Å²) in [7, 11) is 1.56. The van der Waals surface area contributed by atoms with Crippen LogP contribution in [0.3, 0.4) is 0 Å². The lowest BCUT2D eigenvalue weighted by Crippen LogP contribution is -1.89. The van der Waals surface area contributed by atoms with Crippen molar-refractivity contribution in [1.29, 1.82) is 0 Å². The number of unbranched alkanes of at least 4 members (excludes halogenated alkanes) is 2. The van der Waals surface area contributed by atoms with E-state index in [1.807, 2.05) is 12.1 Å². The molecule has 1 N–H and O–H groups in total. The van der Waals surface area contributed by atoms with Gasteiger partial charge in [0.05, 0.1) is 7.11 Å². The molecule has 0 amide bonds. The molecule has 0 fully saturated rings. The molecule has 2 nitrogen and oxygen atoms in total. The second-order valence-corrected chi connectivity index (χ2v) is 3.29. The molecule has 1 aromatic rings. The maximum absolute atomic E-state index is 9.37. The quantitative estimate of drug-likeness (QED) is 0.728. The van der Waals surface area contributed by atoms with E-state index >= 15 is 0 Å². The van der Waals surface area contributed by atoms with Gasteiger partial charge in [-0.05, 0) is 30.5 Å². The zero-order chi connectivity index (χ0) is 10.4. The number of hydrogen-bond donors (Lipinski definition) is 1. The molecule has 1 radical (unpaired) electrons. The van der Waals surface area contributed by atoms with Crippen LogP contribution in [-0.2, 0) is 6.42 Å². The molecule has 0 saturated carbocycles. The summed E-state index contributed by atoms with van der Waals surface area (Å²) in [6.45, 7) is 2.16. The van der Waals surface area contributed by atoms with Crippen LogP contribution < -0.4 is 4.74 Å². The summed E-state index contributed by atoms with van der Waals surface area (Å²) in [6, 6.07) is 5.47. The highest BCUT2D eigenvalue weighted by molar-refractivity contribution is 5.42. The fourth-order valence-corrected chi connectivity index (χ4v) is 1.32. The number of phenols is 1. The summed E-state index contributed by atoms with van der Waals surface area (Å²) in [5, 5.41) is 9.37. The number of benzene rings is 1. The van der Waals surface area contributed by atoms with E-state index in [0.29, 0.717) is 5.75 Å². The Hall–Kier alpha value is -1.18. The Labute approximate surface area is 85.5 Å².